The van der Waals surface area contributed by atoms with Gasteiger partial charge in [0.05, 0.1) is 12.0 Å². The first-order chi connectivity index (χ1) is 7.18. The van der Waals surface area contributed by atoms with Crippen LogP contribution in [0.1, 0.15) is 5.56 Å². The summed E-state index contributed by atoms with van der Waals surface area (Å²) in [5, 5.41) is 18.3. The van der Waals surface area contributed by atoms with Gasteiger partial charge in [-0.25, -0.2) is 4.98 Å². The standard InChI is InChI=1S/C10H11N3O2/c1-8-2-3-9(10(6-8)13(14)15)12-5-4-11-7-12/h2-7,14-15H,1H3. The number of anilines is 1. The summed E-state index contributed by atoms with van der Waals surface area (Å²) >= 11 is 0. The van der Waals surface area contributed by atoms with Crippen molar-refractivity contribution in [1.29, 1.82) is 0 Å². The normalized spacial score (nSPS) is 10.3. The minimum absolute atomic E-state index is 0.113. The lowest BCUT2D eigenvalue weighted by Gasteiger charge is -2.14. The van der Waals surface area contributed by atoms with E-state index in [4.69, 9.17) is 10.4 Å². The molecule has 15 heavy (non-hydrogen) atoms. The summed E-state index contributed by atoms with van der Waals surface area (Å²) in [4.78, 5) is 3.90. The number of hydrogen-bond acceptors (Lipinski definition) is 4. The van der Waals surface area contributed by atoms with Crippen LogP contribution < -0.4 is 5.23 Å². The van der Waals surface area contributed by atoms with Crippen LogP contribution in [-0.4, -0.2) is 20.0 Å². The average Bonchev–Trinajstić information content (AvgIpc) is 2.70. The Kier molecular flexibility index (Phi) is 2.40. The molecule has 0 saturated heterocycles. The Labute approximate surface area is 86.7 Å². The number of nitrogens with zero attached hydrogens (tertiary/aromatic N) is 3. The van der Waals surface area contributed by atoms with Crippen molar-refractivity contribution >= 4 is 5.69 Å². The largest absolute Gasteiger partial charge is 0.304 e. The van der Waals surface area contributed by atoms with E-state index >= 15 is 0 Å². The second-order valence-corrected chi connectivity index (χ2v) is 3.25. The maximum absolute atomic E-state index is 9.08. The zero-order valence-electron chi connectivity index (χ0n) is 8.20. The zero-order valence-corrected chi connectivity index (χ0v) is 8.20. The first-order valence-corrected chi connectivity index (χ1v) is 4.45. The molecule has 0 amide bonds. The molecule has 0 unspecified atom stereocenters. The van der Waals surface area contributed by atoms with E-state index in [1.165, 1.54) is 0 Å². The lowest BCUT2D eigenvalue weighted by molar-refractivity contribution is 0.0291. The van der Waals surface area contributed by atoms with Gasteiger partial charge in [0.25, 0.3) is 0 Å². The Morgan fingerprint density at radius 3 is 2.73 bits per heavy atom. The van der Waals surface area contributed by atoms with Crippen LogP contribution in [0.25, 0.3) is 5.69 Å². The Balaban J connectivity index is 2.56. The summed E-state index contributed by atoms with van der Waals surface area (Å²) in [6.45, 7) is 1.88. The second kappa shape index (κ2) is 3.72. The van der Waals surface area contributed by atoms with Gasteiger partial charge in [0.1, 0.15) is 5.69 Å². The second-order valence-electron chi connectivity index (χ2n) is 3.25. The number of aryl methyl sites for hydroxylation is 1. The number of benzene rings is 1. The van der Waals surface area contributed by atoms with Crippen molar-refractivity contribution in [2.24, 2.45) is 0 Å². The summed E-state index contributed by atoms with van der Waals surface area (Å²) in [5.41, 5.74) is 1.91. The van der Waals surface area contributed by atoms with Crippen molar-refractivity contribution in [3.63, 3.8) is 0 Å². The summed E-state index contributed by atoms with van der Waals surface area (Å²) < 4.78 is 1.70. The highest BCUT2D eigenvalue weighted by molar-refractivity contribution is 5.61. The van der Waals surface area contributed by atoms with Gasteiger partial charge in [-0.2, -0.15) is 0 Å². The fourth-order valence-electron chi connectivity index (χ4n) is 1.41. The minimum atomic E-state index is 0.113. The van der Waals surface area contributed by atoms with Gasteiger partial charge in [-0.1, -0.05) is 6.07 Å². The van der Waals surface area contributed by atoms with Crippen molar-refractivity contribution in [1.82, 2.24) is 9.55 Å². The zero-order chi connectivity index (χ0) is 10.8. The molecule has 0 radical (unpaired) electrons. The molecule has 0 aliphatic rings. The third kappa shape index (κ3) is 1.83. The van der Waals surface area contributed by atoms with Crippen LogP contribution in [0.15, 0.2) is 36.9 Å². The lowest BCUT2D eigenvalue weighted by atomic mass is 10.2. The summed E-state index contributed by atoms with van der Waals surface area (Å²) in [6, 6.07) is 5.36. The molecule has 2 aromatic rings. The van der Waals surface area contributed by atoms with Gasteiger partial charge in [-0.05, 0) is 24.6 Å². The Hall–Kier alpha value is -1.85. The summed E-state index contributed by atoms with van der Waals surface area (Å²) in [7, 11) is 0. The minimum Gasteiger partial charge on any atom is -0.304 e. The molecule has 78 valence electrons. The molecule has 0 aliphatic carbocycles. The summed E-state index contributed by atoms with van der Waals surface area (Å²) in [5.74, 6) is 0. The molecule has 1 aromatic heterocycles. The molecule has 2 N–H and O–H groups in total. The van der Waals surface area contributed by atoms with Crippen LogP contribution in [-0.2, 0) is 0 Å². The van der Waals surface area contributed by atoms with E-state index in [2.05, 4.69) is 4.98 Å². The predicted molar refractivity (Wildman–Crippen MR) is 54.4 cm³/mol. The van der Waals surface area contributed by atoms with Gasteiger partial charge in [-0.3, -0.25) is 10.4 Å². The number of imidazole rings is 1. The first kappa shape index (κ1) is 9.70. The van der Waals surface area contributed by atoms with Crippen molar-refractivity contribution in [3.05, 3.63) is 42.5 Å². The fraction of sp³-hybridized carbons (Fsp3) is 0.100. The quantitative estimate of drug-likeness (QED) is 0.733. The van der Waals surface area contributed by atoms with Crippen molar-refractivity contribution in [2.75, 3.05) is 5.23 Å². The van der Waals surface area contributed by atoms with Crippen LogP contribution in [0.2, 0.25) is 0 Å². The summed E-state index contributed by atoms with van der Waals surface area (Å²) in [6.07, 6.45) is 4.96. The molecule has 0 atom stereocenters. The SMILES string of the molecule is Cc1ccc(-n2ccnc2)c(N(O)O)c1. The molecule has 5 nitrogen and oxygen atoms in total. The van der Waals surface area contributed by atoms with Crippen LogP contribution in [0, 0.1) is 6.92 Å². The van der Waals surface area contributed by atoms with E-state index < -0.39 is 0 Å². The van der Waals surface area contributed by atoms with Gasteiger partial charge in [-0.15, -0.1) is 5.23 Å². The molecule has 0 spiro atoms. The van der Waals surface area contributed by atoms with Crippen LogP contribution in [0.4, 0.5) is 5.69 Å². The van der Waals surface area contributed by atoms with Gasteiger partial charge < -0.3 is 4.57 Å². The Morgan fingerprint density at radius 2 is 2.13 bits per heavy atom. The van der Waals surface area contributed by atoms with Crippen LogP contribution in [0.5, 0.6) is 0 Å². The van der Waals surface area contributed by atoms with Gasteiger partial charge in [0.15, 0.2) is 0 Å². The molecule has 5 heteroatoms. The molecule has 0 bridgehead atoms. The van der Waals surface area contributed by atoms with Crippen molar-refractivity contribution in [2.45, 2.75) is 6.92 Å². The van der Waals surface area contributed by atoms with E-state index in [1.54, 1.807) is 35.4 Å². The van der Waals surface area contributed by atoms with Crippen molar-refractivity contribution in [3.8, 4) is 5.69 Å². The average molecular weight is 205 g/mol. The highest BCUT2D eigenvalue weighted by atomic mass is 16.8. The Bertz CT molecular complexity index is 452. The molecular weight excluding hydrogens is 194 g/mol. The molecule has 0 aliphatic heterocycles. The molecule has 1 heterocycles. The third-order valence-electron chi connectivity index (χ3n) is 2.13. The molecule has 0 saturated carbocycles. The van der Waals surface area contributed by atoms with Crippen molar-refractivity contribution < 1.29 is 10.4 Å². The van der Waals surface area contributed by atoms with E-state index in [0.717, 1.165) is 5.56 Å². The Morgan fingerprint density at radius 1 is 1.33 bits per heavy atom. The monoisotopic (exact) mass is 205 g/mol. The smallest absolute Gasteiger partial charge is 0.119 e. The molecule has 2 rings (SSSR count). The third-order valence-corrected chi connectivity index (χ3v) is 2.13. The van der Waals surface area contributed by atoms with Gasteiger partial charge >= 0.3 is 0 Å². The molecule has 1 aromatic carbocycles. The van der Waals surface area contributed by atoms with E-state index in [1.807, 2.05) is 13.0 Å². The number of hydrogen-bond donors (Lipinski definition) is 2. The van der Waals surface area contributed by atoms with E-state index in [-0.39, 0.29) is 5.23 Å². The molecular formula is C10H11N3O2. The number of rotatable bonds is 2. The first-order valence-electron chi connectivity index (χ1n) is 4.45. The maximum atomic E-state index is 9.08. The highest BCUT2D eigenvalue weighted by Gasteiger charge is 2.08. The van der Waals surface area contributed by atoms with Crippen LogP contribution >= 0.6 is 0 Å². The van der Waals surface area contributed by atoms with Crippen LogP contribution in [0.3, 0.4) is 0 Å². The highest BCUT2D eigenvalue weighted by Crippen LogP contribution is 2.23. The maximum Gasteiger partial charge on any atom is 0.119 e. The topological polar surface area (TPSA) is 61.5 Å². The van der Waals surface area contributed by atoms with E-state index in [9.17, 15) is 0 Å². The van der Waals surface area contributed by atoms with Gasteiger partial charge in [0.2, 0.25) is 0 Å². The lowest BCUT2D eigenvalue weighted by Crippen LogP contribution is -2.14. The fourth-order valence-corrected chi connectivity index (χ4v) is 1.41. The number of aromatic nitrogens is 2. The van der Waals surface area contributed by atoms with E-state index in [0.29, 0.717) is 11.4 Å². The predicted octanol–water partition coefficient (Wildman–Crippen LogP) is 1.77. The van der Waals surface area contributed by atoms with Gasteiger partial charge in [0, 0.05) is 12.4 Å². The molecule has 0 fully saturated rings.